The molecule has 0 heterocycles. The van der Waals surface area contributed by atoms with Crippen LogP contribution in [0.4, 0.5) is 0 Å². The van der Waals surface area contributed by atoms with E-state index in [2.05, 4.69) is 18.4 Å². The van der Waals surface area contributed by atoms with Crippen LogP contribution >= 0.6 is 12.6 Å². The van der Waals surface area contributed by atoms with Crippen molar-refractivity contribution >= 4 is 12.6 Å². The lowest BCUT2D eigenvalue weighted by molar-refractivity contribution is 0.180. The van der Waals surface area contributed by atoms with E-state index in [1.54, 1.807) is 12.2 Å². The molecule has 10 heavy (non-hydrogen) atoms. The third-order valence-corrected chi connectivity index (χ3v) is 0.973. The fourth-order valence-corrected chi connectivity index (χ4v) is 0.535. The largest absolute Gasteiger partial charge is 0.376 e. The molecule has 0 amide bonds. The molecule has 0 spiro atoms. The molecule has 0 fully saturated rings. The highest BCUT2D eigenvalue weighted by Gasteiger charge is 1.77. The average molecular weight is 159 g/mol. The van der Waals surface area contributed by atoms with Crippen LogP contribution in [0.2, 0.25) is 0 Å². The monoisotopic (exact) mass is 159 g/mol. The maximum absolute atomic E-state index is 5.18. The molecule has 0 bridgehead atoms. The van der Waals surface area contributed by atoms with E-state index in [4.69, 9.17) is 10.5 Å². The first-order valence-electron chi connectivity index (χ1n) is 3.20. The van der Waals surface area contributed by atoms with Crippen molar-refractivity contribution in [1.29, 1.82) is 0 Å². The van der Waals surface area contributed by atoms with Crippen molar-refractivity contribution in [2.24, 2.45) is 5.73 Å². The van der Waals surface area contributed by atoms with Gasteiger partial charge < -0.3 is 10.5 Å². The number of thiol groups is 1. The Labute approximate surface area is 67.2 Å². The van der Waals surface area contributed by atoms with E-state index in [0.29, 0.717) is 19.8 Å². The number of hydrogen-bond donors (Lipinski definition) is 2. The summed E-state index contributed by atoms with van der Waals surface area (Å²) >= 11 is 3.98. The van der Waals surface area contributed by atoms with Gasteiger partial charge in [0.2, 0.25) is 0 Å². The van der Waals surface area contributed by atoms with Crippen molar-refractivity contribution in [2.45, 2.75) is 0 Å². The molecule has 0 aliphatic heterocycles. The summed E-state index contributed by atoms with van der Waals surface area (Å²) in [7, 11) is 0. The lowest BCUT2D eigenvalue weighted by Gasteiger charge is -1.92. The van der Waals surface area contributed by atoms with Gasteiger partial charge in [-0.2, -0.15) is 12.6 Å². The first-order chi connectivity index (χ1) is 4.91. The van der Waals surface area contributed by atoms with E-state index in [-0.39, 0.29) is 0 Å². The van der Waals surface area contributed by atoms with Crippen molar-refractivity contribution in [2.75, 3.05) is 25.5 Å². The van der Waals surface area contributed by atoms with E-state index >= 15 is 0 Å². The molecule has 3 heteroatoms. The zero-order valence-electron chi connectivity index (χ0n) is 5.92. The Kier molecular flexibility index (Phi) is 8.61. The highest BCUT2D eigenvalue weighted by molar-refractivity contribution is 7.80. The van der Waals surface area contributed by atoms with E-state index in [9.17, 15) is 0 Å². The number of hydrogen-bond acceptors (Lipinski definition) is 3. The molecule has 0 aliphatic carbocycles. The zero-order valence-corrected chi connectivity index (χ0v) is 6.81. The molecule has 0 aromatic rings. The van der Waals surface area contributed by atoms with Gasteiger partial charge >= 0.3 is 0 Å². The summed E-state index contributed by atoms with van der Waals surface area (Å²) in [5.41, 5.74) is 8.05. The molecule has 0 unspecified atom stereocenters. The quantitative estimate of drug-likeness (QED) is 0.350. The van der Waals surface area contributed by atoms with Gasteiger partial charge in [0.1, 0.15) is 0 Å². The predicted octanol–water partition coefficient (Wildman–Crippen LogP) is 0.603. The van der Waals surface area contributed by atoms with Gasteiger partial charge in [0.25, 0.3) is 0 Å². The van der Waals surface area contributed by atoms with Crippen LogP contribution in [0.25, 0.3) is 0 Å². The number of rotatable bonds is 5. The van der Waals surface area contributed by atoms with Gasteiger partial charge in [-0.15, -0.1) is 5.73 Å². The van der Waals surface area contributed by atoms with Gasteiger partial charge in [-0.25, -0.2) is 0 Å². The van der Waals surface area contributed by atoms with E-state index in [0.717, 1.165) is 5.75 Å². The fourth-order valence-electron chi connectivity index (χ4n) is 0.406. The van der Waals surface area contributed by atoms with Gasteiger partial charge in [0.05, 0.1) is 13.2 Å². The van der Waals surface area contributed by atoms with Gasteiger partial charge in [0, 0.05) is 12.3 Å². The molecular formula is C7H13NOS. The molecule has 0 aromatic heterocycles. The second-order valence-corrected chi connectivity index (χ2v) is 2.06. The maximum Gasteiger partial charge on any atom is 0.0721 e. The lowest BCUT2D eigenvalue weighted by Crippen LogP contribution is -1.94. The van der Waals surface area contributed by atoms with Crippen molar-refractivity contribution in [3.05, 3.63) is 17.9 Å². The Morgan fingerprint density at radius 2 is 2.30 bits per heavy atom. The van der Waals surface area contributed by atoms with Crippen LogP contribution in [-0.4, -0.2) is 25.5 Å². The summed E-state index contributed by atoms with van der Waals surface area (Å²) in [5, 5.41) is 0. The van der Waals surface area contributed by atoms with Crippen LogP contribution in [0, 0.1) is 0 Å². The normalized spacial score (nSPS) is 8.60. The summed E-state index contributed by atoms with van der Waals surface area (Å²) in [4.78, 5) is 0. The summed E-state index contributed by atoms with van der Waals surface area (Å²) in [6, 6.07) is 0. The third kappa shape index (κ3) is 7.79. The van der Waals surface area contributed by atoms with Crippen molar-refractivity contribution in [3.63, 3.8) is 0 Å². The molecule has 2 N–H and O–H groups in total. The van der Waals surface area contributed by atoms with Gasteiger partial charge in [-0.1, -0.05) is 0 Å². The van der Waals surface area contributed by atoms with Crippen LogP contribution in [0.1, 0.15) is 0 Å². The van der Waals surface area contributed by atoms with Crippen LogP contribution in [0.3, 0.4) is 0 Å². The molecule has 0 aliphatic rings. The Bertz CT molecular complexity index is 119. The number of nitrogens with two attached hydrogens (primary N) is 1. The van der Waals surface area contributed by atoms with E-state index in [1.807, 2.05) is 0 Å². The Balaban J connectivity index is 3.10. The van der Waals surface area contributed by atoms with Crippen LogP contribution < -0.4 is 5.73 Å². The second kappa shape index (κ2) is 8.79. The fraction of sp³-hybridized carbons (Fsp3) is 0.571. The average Bonchev–Trinajstić information content (AvgIpc) is 1.97. The van der Waals surface area contributed by atoms with Crippen molar-refractivity contribution in [1.82, 2.24) is 0 Å². The highest BCUT2D eigenvalue weighted by Crippen LogP contribution is 1.78. The molecule has 0 radical (unpaired) electrons. The SMILES string of the molecule is NCC=C=CCOCCS. The Hall–Kier alpha value is -0.210. The van der Waals surface area contributed by atoms with Gasteiger partial charge in [-0.3, -0.25) is 0 Å². The minimum Gasteiger partial charge on any atom is -0.376 e. The third-order valence-electron chi connectivity index (χ3n) is 0.790. The Morgan fingerprint density at radius 1 is 1.50 bits per heavy atom. The molecule has 58 valence electrons. The summed E-state index contributed by atoms with van der Waals surface area (Å²) in [6.07, 6.45) is 3.56. The zero-order chi connectivity index (χ0) is 7.66. The van der Waals surface area contributed by atoms with E-state index in [1.165, 1.54) is 0 Å². The van der Waals surface area contributed by atoms with Crippen molar-refractivity contribution in [3.8, 4) is 0 Å². The predicted molar refractivity (Wildman–Crippen MR) is 46.4 cm³/mol. The molecule has 2 nitrogen and oxygen atoms in total. The first-order valence-corrected chi connectivity index (χ1v) is 3.83. The molecule has 0 aromatic carbocycles. The van der Waals surface area contributed by atoms with Crippen molar-refractivity contribution < 1.29 is 4.74 Å². The smallest absolute Gasteiger partial charge is 0.0721 e. The first kappa shape index (κ1) is 9.79. The minimum absolute atomic E-state index is 0.531. The molecular weight excluding hydrogens is 146 g/mol. The van der Waals surface area contributed by atoms with Crippen LogP contribution in [0.5, 0.6) is 0 Å². The lowest BCUT2D eigenvalue weighted by atomic mass is 10.5. The molecule has 0 atom stereocenters. The summed E-state index contributed by atoms with van der Waals surface area (Å²) < 4.78 is 5.07. The van der Waals surface area contributed by atoms with Gasteiger partial charge in [-0.05, 0) is 12.2 Å². The minimum atomic E-state index is 0.531. The second-order valence-electron chi connectivity index (χ2n) is 1.61. The summed E-state index contributed by atoms with van der Waals surface area (Å²) in [5.74, 6) is 0.758. The topological polar surface area (TPSA) is 35.2 Å². The maximum atomic E-state index is 5.18. The molecule has 0 rings (SSSR count). The van der Waals surface area contributed by atoms with Crippen LogP contribution in [-0.2, 0) is 4.74 Å². The van der Waals surface area contributed by atoms with E-state index < -0.39 is 0 Å². The summed E-state index contributed by atoms with van der Waals surface area (Å²) in [6.45, 7) is 1.81. The standard InChI is InChI=1S/C7H13NOS/c8-4-2-1-3-5-9-6-7-10/h2-3,10H,4-8H2. The van der Waals surface area contributed by atoms with Crippen LogP contribution in [0.15, 0.2) is 17.9 Å². The molecule has 0 saturated heterocycles. The highest BCUT2D eigenvalue weighted by atomic mass is 32.1. The number of ether oxygens (including phenoxy) is 1. The Morgan fingerprint density at radius 3 is 2.90 bits per heavy atom. The van der Waals surface area contributed by atoms with Gasteiger partial charge in [0.15, 0.2) is 0 Å². The molecule has 0 saturated carbocycles.